The Morgan fingerprint density at radius 3 is 2.06 bits per heavy atom. The minimum Gasteiger partial charge on any atom is -0.462 e. The Labute approximate surface area is 205 Å². The van der Waals surface area contributed by atoms with E-state index in [0.717, 1.165) is 0 Å². The van der Waals surface area contributed by atoms with Crippen molar-refractivity contribution in [2.75, 3.05) is 30.3 Å². The van der Waals surface area contributed by atoms with E-state index in [1.165, 1.54) is 11.2 Å². The molecule has 0 atom stereocenters. The highest BCUT2D eigenvalue weighted by atomic mass is 32.2. The summed E-state index contributed by atoms with van der Waals surface area (Å²) >= 11 is 0. The molecule has 2 amide bonds. The van der Waals surface area contributed by atoms with E-state index in [4.69, 9.17) is 4.74 Å². The number of amides is 2. The lowest BCUT2D eigenvalue weighted by Crippen LogP contribution is -2.41. The number of hydrogen-bond donors (Lipinski definition) is 2. The van der Waals surface area contributed by atoms with E-state index < -0.39 is 16.0 Å². The van der Waals surface area contributed by atoms with Gasteiger partial charge in [0.05, 0.1) is 6.61 Å². The van der Waals surface area contributed by atoms with Crippen LogP contribution in [-0.4, -0.2) is 54.8 Å². The van der Waals surface area contributed by atoms with Gasteiger partial charge in [-0.15, -0.1) is 0 Å². The molecule has 1 saturated heterocycles. The number of nitrogens with zero attached hydrogens (tertiary/aromatic N) is 2. The number of piperidine rings is 1. The molecule has 1 aliphatic rings. The zero-order chi connectivity index (χ0) is 25.9. The number of rotatable bonds is 7. The van der Waals surface area contributed by atoms with Crippen molar-refractivity contribution < 1.29 is 27.5 Å². The summed E-state index contributed by atoms with van der Waals surface area (Å²) < 4.78 is 35.2. The number of benzene rings is 1. The van der Waals surface area contributed by atoms with Gasteiger partial charge in [0.25, 0.3) is 0 Å². The smallest absolute Gasteiger partial charge is 0.341 e. The summed E-state index contributed by atoms with van der Waals surface area (Å²) in [5.41, 5.74) is 2.28. The third kappa shape index (κ3) is 5.57. The normalized spacial score (nSPS) is 15.0. The highest BCUT2D eigenvalue weighted by Gasteiger charge is 2.38. The van der Waals surface area contributed by atoms with Crippen LogP contribution in [0.2, 0.25) is 0 Å². The Bertz CT molecular complexity index is 1230. The van der Waals surface area contributed by atoms with Crippen LogP contribution in [0.1, 0.15) is 48.4 Å². The van der Waals surface area contributed by atoms with Gasteiger partial charge in [-0.2, -0.15) is 4.31 Å². The monoisotopic (exact) mass is 504 g/mol. The number of ether oxygens (including phenoxy) is 1. The number of carbonyl (C=O) groups is 3. The third-order valence-electron chi connectivity index (χ3n) is 6.30. The Hall–Kier alpha value is -3.18. The van der Waals surface area contributed by atoms with Crippen molar-refractivity contribution in [3.63, 3.8) is 0 Å². The first-order valence-corrected chi connectivity index (χ1v) is 12.9. The van der Waals surface area contributed by atoms with Gasteiger partial charge in [0.15, 0.2) is 0 Å². The molecule has 190 valence electrons. The summed E-state index contributed by atoms with van der Waals surface area (Å²) in [6.07, 6.45) is 0.712. The van der Waals surface area contributed by atoms with Crippen LogP contribution in [0.25, 0.3) is 0 Å². The first-order valence-electron chi connectivity index (χ1n) is 11.5. The van der Waals surface area contributed by atoms with Crippen molar-refractivity contribution in [3.05, 3.63) is 41.2 Å². The first kappa shape index (κ1) is 26.4. The lowest BCUT2D eigenvalue weighted by molar-refractivity contribution is -0.121. The molecule has 11 heteroatoms. The van der Waals surface area contributed by atoms with Crippen molar-refractivity contribution in [1.29, 1.82) is 0 Å². The second-order valence-corrected chi connectivity index (χ2v) is 10.5. The van der Waals surface area contributed by atoms with E-state index in [1.807, 2.05) is 0 Å². The summed E-state index contributed by atoms with van der Waals surface area (Å²) in [6.45, 7) is 6.92. The van der Waals surface area contributed by atoms with Crippen molar-refractivity contribution in [3.8, 4) is 0 Å². The van der Waals surface area contributed by atoms with Crippen LogP contribution in [0.5, 0.6) is 0 Å². The number of nitrogens with one attached hydrogen (secondary N) is 2. The molecule has 3 rings (SSSR count). The molecular formula is C24H32N4O6S. The van der Waals surface area contributed by atoms with Gasteiger partial charge in [-0.3, -0.25) is 9.59 Å². The maximum absolute atomic E-state index is 13.6. The van der Waals surface area contributed by atoms with Crippen LogP contribution < -0.4 is 10.6 Å². The van der Waals surface area contributed by atoms with E-state index in [1.54, 1.807) is 56.7 Å². The molecule has 1 aliphatic heterocycles. The minimum atomic E-state index is -3.97. The van der Waals surface area contributed by atoms with Crippen molar-refractivity contribution in [2.45, 2.75) is 45.4 Å². The third-order valence-corrected chi connectivity index (χ3v) is 8.36. The Balaban J connectivity index is 1.70. The molecule has 1 aromatic carbocycles. The van der Waals surface area contributed by atoms with E-state index in [9.17, 15) is 22.8 Å². The predicted molar refractivity (Wildman–Crippen MR) is 132 cm³/mol. The minimum absolute atomic E-state index is 0.0295. The average Bonchev–Trinajstić information content (AvgIpc) is 3.04. The standard InChI is InChI=1S/C24H32N4O6S/c1-6-34-24(31)21-15(2)27(5)16(3)22(21)35(32,33)28-13-11-18(12-14-28)23(30)26-20-9-7-19(8-10-20)25-17(4)29/h7-10,18H,6,11-14H2,1-5H3,(H,25,29)(H,26,30). The fourth-order valence-corrected chi connectivity index (χ4v) is 6.20. The fourth-order valence-electron chi connectivity index (χ4n) is 4.25. The molecule has 1 fully saturated rings. The highest BCUT2D eigenvalue weighted by molar-refractivity contribution is 7.89. The number of aromatic nitrogens is 1. The number of anilines is 2. The van der Waals surface area contributed by atoms with Crippen molar-refractivity contribution in [1.82, 2.24) is 8.87 Å². The maximum atomic E-state index is 13.6. The van der Waals surface area contributed by atoms with Crippen molar-refractivity contribution in [2.24, 2.45) is 13.0 Å². The topological polar surface area (TPSA) is 127 Å². The van der Waals surface area contributed by atoms with Crippen LogP contribution in [0.15, 0.2) is 29.2 Å². The Morgan fingerprint density at radius 2 is 1.54 bits per heavy atom. The zero-order valence-electron chi connectivity index (χ0n) is 20.7. The van der Waals surface area contributed by atoms with E-state index >= 15 is 0 Å². The lowest BCUT2D eigenvalue weighted by atomic mass is 9.97. The maximum Gasteiger partial charge on any atom is 0.341 e. The fraction of sp³-hybridized carbons (Fsp3) is 0.458. The van der Waals surface area contributed by atoms with E-state index in [2.05, 4.69) is 10.6 Å². The number of sulfonamides is 1. The number of hydrogen-bond acceptors (Lipinski definition) is 6. The molecule has 35 heavy (non-hydrogen) atoms. The van der Waals surface area contributed by atoms with Crippen LogP contribution in [0.3, 0.4) is 0 Å². The van der Waals surface area contributed by atoms with Gasteiger partial charge < -0.3 is 19.9 Å². The molecule has 2 aromatic rings. The Morgan fingerprint density at radius 1 is 1.00 bits per heavy atom. The first-order chi connectivity index (χ1) is 16.5. The predicted octanol–water partition coefficient (Wildman–Crippen LogP) is 2.82. The van der Waals surface area contributed by atoms with E-state index in [0.29, 0.717) is 35.6 Å². The van der Waals surface area contributed by atoms with Crippen LogP contribution in [-0.2, 0) is 31.4 Å². The van der Waals surface area contributed by atoms with Gasteiger partial charge in [0.1, 0.15) is 10.5 Å². The summed E-state index contributed by atoms with van der Waals surface area (Å²) in [4.78, 5) is 36.4. The highest BCUT2D eigenvalue weighted by Crippen LogP contribution is 2.32. The average molecular weight is 505 g/mol. The second kappa shape index (κ2) is 10.6. The molecular weight excluding hydrogens is 472 g/mol. The van der Waals surface area contributed by atoms with Gasteiger partial charge in [-0.25, -0.2) is 13.2 Å². The lowest BCUT2D eigenvalue weighted by Gasteiger charge is -2.30. The van der Waals surface area contributed by atoms with E-state index in [-0.39, 0.29) is 47.9 Å². The molecule has 1 aromatic heterocycles. The molecule has 0 saturated carbocycles. The molecule has 10 nitrogen and oxygen atoms in total. The molecule has 2 heterocycles. The Kier molecular flexibility index (Phi) is 8.01. The van der Waals surface area contributed by atoms with Crippen LogP contribution >= 0.6 is 0 Å². The molecule has 0 aliphatic carbocycles. The molecule has 0 bridgehead atoms. The summed E-state index contributed by atoms with van der Waals surface area (Å²) in [5.74, 6) is -1.38. The molecule has 0 unspecified atom stereocenters. The summed E-state index contributed by atoms with van der Waals surface area (Å²) in [6, 6.07) is 6.77. The summed E-state index contributed by atoms with van der Waals surface area (Å²) in [5, 5.41) is 5.51. The van der Waals surface area contributed by atoms with Gasteiger partial charge in [-0.1, -0.05) is 0 Å². The van der Waals surface area contributed by atoms with Crippen LogP contribution in [0, 0.1) is 19.8 Å². The van der Waals surface area contributed by atoms with Crippen LogP contribution in [0.4, 0.5) is 11.4 Å². The molecule has 0 spiro atoms. The van der Waals surface area contributed by atoms with Gasteiger partial charge in [-0.05, 0) is 57.9 Å². The molecule has 2 N–H and O–H groups in total. The largest absolute Gasteiger partial charge is 0.462 e. The molecule has 0 radical (unpaired) electrons. The van der Waals surface area contributed by atoms with Crippen molar-refractivity contribution >= 4 is 39.2 Å². The SMILES string of the molecule is CCOC(=O)c1c(S(=O)(=O)N2CCC(C(=O)Nc3ccc(NC(C)=O)cc3)CC2)c(C)n(C)c1C. The zero-order valence-corrected chi connectivity index (χ0v) is 21.5. The van der Waals surface area contributed by atoms with Gasteiger partial charge >= 0.3 is 5.97 Å². The quantitative estimate of drug-likeness (QED) is 0.559. The van der Waals surface area contributed by atoms with Gasteiger partial charge in [0.2, 0.25) is 21.8 Å². The number of carbonyl (C=O) groups excluding carboxylic acids is 3. The number of esters is 1. The second-order valence-electron chi connectivity index (χ2n) is 8.58. The summed E-state index contributed by atoms with van der Waals surface area (Å²) in [7, 11) is -2.25. The van der Waals surface area contributed by atoms with Gasteiger partial charge in [0, 0.05) is 55.7 Å².